The second-order valence-corrected chi connectivity index (χ2v) is 4.74. The summed E-state index contributed by atoms with van der Waals surface area (Å²) in [5.41, 5.74) is 1.64. The Balaban J connectivity index is 3.68. The summed E-state index contributed by atoms with van der Waals surface area (Å²) in [7, 11) is 6.78. The van der Waals surface area contributed by atoms with E-state index in [2.05, 4.69) is 41.1 Å². The first-order chi connectivity index (χ1) is 5.99. The SMILES string of the molecule is CC/C=C(/CC)CCC[N+](C)(C)C. The third kappa shape index (κ3) is 8.04. The van der Waals surface area contributed by atoms with E-state index in [-0.39, 0.29) is 0 Å². The number of allylic oxidation sites excluding steroid dienone is 2. The zero-order valence-corrected chi connectivity index (χ0v) is 10.1. The van der Waals surface area contributed by atoms with E-state index in [0.29, 0.717) is 0 Å². The van der Waals surface area contributed by atoms with Crippen molar-refractivity contribution in [3.8, 4) is 0 Å². The molecule has 0 atom stereocenters. The second kappa shape index (κ2) is 6.20. The molecule has 0 aromatic heterocycles. The van der Waals surface area contributed by atoms with Gasteiger partial charge >= 0.3 is 0 Å². The van der Waals surface area contributed by atoms with Crippen molar-refractivity contribution in [1.82, 2.24) is 0 Å². The highest BCUT2D eigenvalue weighted by Crippen LogP contribution is 2.11. The van der Waals surface area contributed by atoms with Crippen LogP contribution in [0.3, 0.4) is 0 Å². The van der Waals surface area contributed by atoms with E-state index in [4.69, 9.17) is 0 Å². The van der Waals surface area contributed by atoms with Gasteiger partial charge in [-0.2, -0.15) is 0 Å². The van der Waals surface area contributed by atoms with Crippen molar-refractivity contribution >= 4 is 0 Å². The van der Waals surface area contributed by atoms with Crippen LogP contribution in [0.4, 0.5) is 0 Å². The van der Waals surface area contributed by atoms with Gasteiger partial charge in [0.1, 0.15) is 0 Å². The minimum Gasteiger partial charge on any atom is -0.331 e. The van der Waals surface area contributed by atoms with Crippen LogP contribution in [0, 0.1) is 0 Å². The fraction of sp³-hybridized carbons (Fsp3) is 0.833. The summed E-state index contributed by atoms with van der Waals surface area (Å²) in [6.45, 7) is 5.75. The molecule has 0 aromatic rings. The van der Waals surface area contributed by atoms with Crippen LogP contribution < -0.4 is 0 Å². The number of nitrogens with zero attached hydrogens (tertiary/aromatic N) is 1. The molecule has 0 saturated carbocycles. The van der Waals surface area contributed by atoms with Crippen molar-refractivity contribution in [2.75, 3.05) is 27.7 Å². The molecule has 0 fully saturated rings. The van der Waals surface area contributed by atoms with Crippen LogP contribution in [0.2, 0.25) is 0 Å². The van der Waals surface area contributed by atoms with Crippen LogP contribution in [-0.4, -0.2) is 32.2 Å². The predicted molar refractivity (Wildman–Crippen MR) is 60.8 cm³/mol. The van der Waals surface area contributed by atoms with Crippen LogP contribution in [0.5, 0.6) is 0 Å². The molecule has 0 amide bonds. The predicted octanol–water partition coefficient (Wildman–Crippen LogP) is 3.22. The molecule has 0 rings (SSSR count). The van der Waals surface area contributed by atoms with E-state index in [0.717, 1.165) is 4.48 Å². The summed E-state index contributed by atoms with van der Waals surface area (Å²) in [6.07, 6.45) is 7.41. The van der Waals surface area contributed by atoms with E-state index < -0.39 is 0 Å². The summed E-state index contributed by atoms with van der Waals surface area (Å²) >= 11 is 0. The normalized spacial score (nSPS) is 13.5. The minimum absolute atomic E-state index is 1.09. The van der Waals surface area contributed by atoms with E-state index in [1.165, 1.54) is 32.2 Å². The van der Waals surface area contributed by atoms with E-state index in [1.54, 1.807) is 5.57 Å². The Hall–Kier alpha value is -0.300. The third-order valence-electron chi connectivity index (χ3n) is 2.27. The van der Waals surface area contributed by atoms with E-state index in [1.807, 2.05) is 0 Å². The van der Waals surface area contributed by atoms with E-state index in [9.17, 15) is 0 Å². The van der Waals surface area contributed by atoms with Gasteiger partial charge in [0.2, 0.25) is 0 Å². The molecule has 78 valence electrons. The summed E-state index contributed by atoms with van der Waals surface area (Å²) in [5.74, 6) is 0. The zero-order valence-electron chi connectivity index (χ0n) is 10.1. The molecule has 0 aromatic carbocycles. The molecule has 0 saturated heterocycles. The topological polar surface area (TPSA) is 0 Å². The molecule has 0 bridgehead atoms. The second-order valence-electron chi connectivity index (χ2n) is 4.74. The Kier molecular flexibility index (Phi) is 6.06. The maximum atomic E-state index is 2.38. The van der Waals surface area contributed by atoms with Crippen molar-refractivity contribution in [3.63, 3.8) is 0 Å². The van der Waals surface area contributed by atoms with Gasteiger partial charge in [-0.15, -0.1) is 0 Å². The monoisotopic (exact) mass is 184 g/mol. The molecular formula is C12H26N+. The zero-order chi connectivity index (χ0) is 10.3. The lowest BCUT2D eigenvalue weighted by Gasteiger charge is -2.23. The highest BCUT2D eigenvalue weighted by molar-refractivity contribution is 5.00. The van der Waals surface area contributed by atoms with Gasteiger partial charge < -0.3 is 4.48 Å². The summed E-state index contributed by atoms with van der Waals surface area (Å²) in [4.78, 5) is 0. The van der Waals surface area contributed by atoms with Crippen LogP contribution in [0.15, 0.2) is 11.6 Å². The molecule has 0 aliphatic heterocycles. The number of rotatable bonds is 6. The Morgan fingerprint density at radius 3 is 2.15 bits per heavy atom. The first-order valence-electron chi connectivity index (χ1n) is 5.48. The lowest BCUT2D eigenvalue weighted by molar-refractivity contribution is -0.870. The van der Waals surface area contributed by atoms with Gasteiger partial charge in [-0.25, -0.2) is 0 Å². The average molecular weight is 184 g/mol. The van der Waals surface area contributed by atoms with Crippen LogP contribution >= 0.6 is 0 Å². The average Bonchev–Trinajstić information content (AvgIpc) is 2.01. The Labute approximate surface area is 84.0 Å². The molecule has 0 heterocycles. The maximum Gasteiger partial charge on any atom is 0.0783 e. The number of hydrogen-bond donors (Lipinski definition) is 0. The molecule has 0 unspecified atom stereocenters. The van der Waals surface area contributed by atoms with Gasteiger partial charge in [0.25, 0.3) is 0 Å². The van der Waals surface area contributed by atoms with Crippen molar-refractivity contribution in [2.24, 2.45) is 0 Å². The Morgan fingerprint density at radius 1 is 1.15 bits per heavy atom. The maximum absolute atomic E-state index is 2.38. The summed E-state index contributed by atoms with van der Waals surface area (Å²) < 4.78 is 1.09. The quantitative estimate of drug-likeness (QED) is 0.439. The molecule has 1 nitrogen and oxygen atoms in total. The molecule has 1 heteroatoms. The van der Waals surface area contributed by atoms with Crippen LogP contribution in [0.25, 0.3) is 0 Å². The smallest absolute Gasteiger partial charge is 0.0783 e. The van der Waals surface area contributed by atoms with E-state index >= 15 is 0 Å². The summed E-state index contributed by atoms with van der Waals surface area (Å²) in [5, 5.41) is 0. The fourth-order valence-electron chi connectivity index (χ4n) is 1.49. The Morgan fingerprint density at radius 2 is 1.77 bits per heavy atom. The first kappa shape index (κ1) is 12.7. The molecule has 0 spiro atoms. The first-order valence-corrected chi connectivity index (χ1v) is 5.48. The summed E-state index contributed by atoms with van der Waals surface area (Å²) in [6, 6.07) is 0. The minimum atomic E-state index is 1.09. The van der Waals surface area contributed by atoms with Crippen molar-refractivity contribution in [2.45, 2.75) is 39.5 Å². The molecular weight excluding hydrogens is 158 g/mol. The molecule has 0 radical (unpaired) electrons. The lowest BCUT2D eigenvalue weighted by atomic mass is 10.1. The van der Waals surface area contributed by atoms with Gasteiger partial charge in [0.05, 0.1) is 27.7 Å². The molecule has 0 aliphatic rings. The number of quaternary nitrogens is 1. The highest BCUT2D eigenvalue weighted by atomic mass is 15.3. The Bertz CT molecular complexity index is 151. The van der Waals surface area contributed by atoms with Crippen molar-refractivity contribution in [1.29, 1.82) is 0 Å². The highest BCUT2D eigenvalue weighted by Gasteiger charge is 2.05. The van der Waals surface area contributed by atoms with Gasteiger partial charge in [-0.05, 0) is 19.3 Å². The standard InChI is InChI=1S/C12H26N/c1-6-9-12(7-2)10-8-11-13(3,4)5/h9H,6-8,10-11H2,1-5H3/q+1/b12-9-. The van der Waals surface area contributed by atoms with Crippen LogP contribution in [-0.2, 0) is 0 Å². The molecule has 0 N–H and O–H groups in total. The molecule has 13 heavy (non-hydrogen) atoms. The third-order valence-corrected chi connectivity index (χ3v) is 2.27. The number of hydrogen-bond acceptors (Lipinski definition) is 0. The van der Waals surface area contributed by atoms with Crippen molar-refractivity contribution in [3.05, 3.63) is 11.6 Å². The fourth-order valence-corrected chi connectivity index (χ4v) is 1.49. The van der Waals surface area contributed by atoms with Gasteiger partial charge in [0.15, 0.2) is 0 Å². The van der Waals surface area contributed by atoms with Crippen LogP contribution in [0.1, 0.15) is 39.5 Å². The van der Waals surface area contributed by atoms with Crippen molar-refractivity contribution < 1.29 is 4.48 Å². The van der Waals surface area contributed by atoms with Gasteiger partial charge in [-0.1, -0.05) is 25.5 Å². The van der Waals surface area contributed by atoms with Gasteiger partial charge in [0, 0.05) is 6.42 Å². The molecule has 0 aliphatic carbocycles. The lowest BCUT2D eigenvalue weighted by Crippen LogP contribution is -2.35. The largest absolute Gasteiger partial charge is 0.331 e. The van der Waals surface area contributed by atoms with Gasteiger partial charge in [-0.3, -0.25) is 0 Å².